The Hall–Kier alpha value is -3.33. The van der Waals surface area contributed by atoms with Crippen LogP contribution >= 0.6 is 0 Å². The van der Waals surface area contributed by atoms with Crippen LogP contribution in [0, 0.1) is 6.92 Å². The van der Waals surface area contributed by atoms with Crippen LogP contribution in [0.5, 0.6) is 5.75 Å². The molecule has 0 radical (unpaired) electrons. The maximum absolute atomic E-state index is 12.8. The molecule has 0 saturated heterocycles. The molecule has 9 heteroatoms. The molecule has 1 N–H and O–H groups in total. The molecule has 0 spiro atoms. The van der Waals surface area contributed by atoms with Crippen molar-refractivity contribution in [1.29, 1.82) is 0 Å². The van der Waals surface area contributed by atoms with Crippen molar-refractivity contribution >= 4 is 21.6 Å². The number of carbonyl (C=O) groups is 1. The number of para-hydroxylation sites is 3. The summed E-state index contributed by atoms with van der Waals surface area (Å²) in [5.74, 6) is 0.823. The number of carbonyl (C=O) groups excluding carboxylic acids is 1. The number of amides is 1. The largest absolute Gasteiger partial charge is 0.476 e. The molecule has 0 fully saturated rings. The topological polar surface area (TPSA) is 93.5 Å². The fourth-order valence-electron chi connectivity index (χ4n) is 3.48. The number of fused-ring (bicyclic) bond motifs is 1. The average molecular weight is 426 g/mol. The van der Waals surface area contributed by atoms with E-state index >= 15 is 0 Å². The lowest BCUT2D eigenvalue weighted by Gasteiger charge is -2.33. The summed E-state index contributed by atoms with van der Waals surface area (Å²) in [6.07, 6.45) is 3.75. The number of rotatable bonds is 5. The molecule has 8 nitrogen and oxygen atoms in total. The number of aromatic nitrogens is 2. The van der Waals surface area contributed by atoms with Gasteiger partial charge in [0.2, 0.25) is 10.0 Å². The van der Waals surface area contributed by atoms with E-state index < -0.39 is 16.1 Å². The van der Waals surface area contributed by atoms with Crippen LogP contribution in [0.2, 0.25) is 0 Å². The van der Waals surface area contributed by atoms with E-state index in [1.807, 2.05) is 42.0 Å². The Kier molecular flexibility index (Phi) is 5.21. The molecule has 0 unspecified atom stereocenters. The number of hydrogen-bond donors (Lipinski definition) is 1. The SMILES string of the molecule is Cc1nccn1-c1ccccc1CNC(=O)[C@@H]1CN(S(C)(=O)=O)c2ccccc2O1. The number of sulfonamides is 1. The number of ether oxygens (including phenoxy) is 1. The van der Waals surface area contributed by atoms with Crippen molar-refractivity contribution in [2.24, 2.45) is 0 Å². The van der Waals surface area contributed by atoms with E-state index in [1.54, 1.807) is 30.5 Å². The molecule has 30 heavy (non-hydrogen) atoms. The van der Waals surface area contributed by atoms with Gasteiger partial charge in [-0.25, -0.2) is 13.4 Å². The quantitative estimate of drug-likeness (QED) is 0.674. The molecule has 4 rings (SSSR count). The summed E-state index contributed by atoms with van der Waals surface area (Å²) in [5, 5.41) is 2.87. The van der Waals surface area contributed by atoms with Crippen molar-refractivity contribution in [1.82, 2.24) is 14.9 Å². The van der Waals surface area contributed by atoms with Crippen molar-refractivity contribution in [3.8, 4) is 11.4 Å². The van der Waals surface area contributed by atoms with E-state index in [-0.39, 0.29) is 19.0 Å². The Morgan fingerprint density at radius 3 is 2.57 bits per heavy atom. The smallest absolute Gasteiger partial charge is 0.263 e. The average Bonchev–Trinajstić information content (AvgIpc) is 3.16. The van der Waals surface area contributed by atoms with Crippen LogP contribution in [0.15, 0.2) is 60.9 Å². The summed E-state index contributed by atoms with van der Waals surface area (Å²) in [6, 6.07) is 14.5. The standard InChI is InChI=1S/C21H22N4O4S/c1-15-22-11-12-24(15)17-8-4-3-7-16(17)13-23-21(26)20-14-25(30(2,27)28)18-9-5-6-10-19(18)29-20/h3-12,20H,13-14H2,1-2H3,(H,23,26)/t20-/m0/s1. The summed E-state index contributed by atoms with van der Waals surface area (Å²) in [4.78, 5) is 17.1. The number of anilines is 1. The zero-order chi connectivity index (χ0) is 21.3. The number of benzene rings is 2. The fraction of sp³-hybridized carbons (Fsp3) is 0.238. The Balaban J connectivity index is 1.53. The lowest BCUT2D eigenvalue weighted by Crippen LogP contribution is -2.50. The summed E-state index contributed by atoms with van der Waals surface area (Å²) < 4.78 is 33.4. The Morgan fingerprint density at radius 1 is 1.17 bits per heavy atom. The molecule has 1 aromatic heterocycles. The van der Waals surface area contributed by atoms with E-state index in [1.165, 1.54) is 4.31 Å². The molecule has 1 amide bonds. The summed E-state index contributed by atoms with van der Waals surface area (Å²) in [7, 11) is -3.55. The minimum atomic E-state index is -3.55. The molecule has 1 aliphatic rings. The van der Waals surface area contributed by atoms with E-state index in [0.717, 1.165) is 23.3 Å². The van der Waals surface area contributed by atoms with Gasteiger partial charge in [0.05, 0.1) is 24.2 Å². The monoisotopic (exact) mass is 426 g/mol. The van der Waals surface area contributed by atoms with Gasteiger partial charge in [-0.05, 0) is 30.7 Å². The van der Waals surface area contributed by atoms with Crippen LogP contribution in [0.3, 0.4) is 0 Å². The highest BCUT2D eigenvalue weighted by Gasteiger charge is 2.34. The molecule has 0 aliphatic carbocycles. The molecular weight excluding hydrogens is 404 g/mol. The first-order valence-electron chi connectivity index (χ1n) is 9.44. The third-order valence-electron chi connectivity index (χ3n) is 4.96. The van der Waals surface area contributed by atoms with Gasteiger partial charge in [-0.15, -0.1) is 0 Å². The Morgan fingerprint density at radius 2 is 1.87 bits per heavy atom. The first-order valence-corrected chi connectivity index (χ1v) is 11.3. The normalized spacial score (nSPS) is 15.9. The third kappa shape index (κ3) is 3.88. The number of imidazole rings is 1. The summed E-state index contributed by atoms with van der Waals surface area (Å²) in [5.41, 5.74) is 2.26. The second kappa shape index (κ2) is 7.83. The molecule has 1 atom stereocenters. The lowest BCUT2D eigenvalue weighted by atomic mass is 10.1. The van der Waals surface area contributed by atoms with Gasteiger partial charge in [-0.2, -0.15) is 0 Å². The van der Waals surface area contributed by atoms with Crippen molar-refractivity contribution in [3.63, 3.8) is 0 Å². The zero-order valence-electron chi connectivity index (χ0n) is 16.6. The van der Waals surface area contributed by atoms with Crippen LogP contribution in [0.25, 0.3) is 5.69 Å². The van der Waals surface area contributed by atoms with Crippen LogP contribution in [-0.2, 0) is 21.4 Å². The van der Waals surface area contributed by atoms with Crippen molar-refractivity contribution in [2.75, 3.05) is 17.1 Å². The highest BCUT2D eigenvalue weighted by atomic mass is 32.2. The summed E-state index contributed by atoms with van der Waals surface area (Å²) in [6.45, 7) is 2.10. The maximum Gasteiger partial charge on any atom is 0.263 e. The number of nitrogens with zero attached hydrogens (tertiary/aromatic N) is 3. The summed E-state index contributed by atoms with van der Waals surface area (Å²) >= 11 is 0. The first kappa shape index (κ1) is 20.0. The van der Waals surface area contributed by atoms with E-state index in [2.05, 4.69) is 10.3 Å². The highest BCUT2D eigenvalue weighted by Crippen LogP contribution is 2.34. The van der Waals surface area contributed by atoms with Gasteiger partial charge in [-0.1, -0.05) is 30.3 Å². The second-order valence-corrected chi connectivity index (χ2v) is 8.97. The zero-order valence-corrected chi connectivity index (χ0v) is 17.5. The number of aryl methyl sites for hydroxylation is 1. The molecule has 1 aliphatic heterocycles. The van der Waals surface area contributed by atoms with Gasteiger partial charge in [0.15, 0.2) is 6.10 Å². The molecule has 2 heterocycles. The van der Waals surface area contributed by atoms with E-state index in [4.69, 9.17) is 4.74 Å². The van der Waals surface area contributed by atoms with Crippen molar-refractivity contribution in [3.05, 3.63) is 72.3 Å². The molecule has 0 saturated carbocycles. The molecular formula is C21H22N4O4S. The molecule has 156 valence electrons. The van der Waals surface area contributed by atoms with Gasteiger partial charge in [0, 0.05) is 18.9 Å². The predicted octanol–water partition coefficient (Wildman–Crippen LogP) is 2.02. The molecule has 2 aromatic carbocycles. The fourth-order valence-corrected chi connectivity index (χ4v) is 4.39. The van der Waals surface area contributed by atoms with Gasteiger partial charge in [0.25, 0.3) is 5.91 Å². The second-order valence-electron chi connectivity index (χ2n) is 7.06. The first-order chi connectivity index (χ1) is 14.3. The van der Waals surface area contributed by atoms with E-state index in [0.29, 0.717) is 11.4 Å². The Bertz CT molecular complexity index is 1190. The molecule has 0 bridgehead atoms. The van der Waals surface area contributed by atoms with Gasteiger partial charge in [-0.3, -0.25) is 9.10 Å². The Labute approximate surface area is 175 Å². The number of nitrogens with one attached hydrogen (secondary N) is 1. The lowest BCUT2D eigenvalue weighted by molar-refractivity contribution is -0.127. The van der Waals surface area contributed by atoms with Crippen LogP contribution < -0.4 is 14.4 Å². The minimum Gasteiger partial charge on any atom is -0.476 e. The maximum atomic E-state index is 12.8. The van der Waals surface area contributed by atoms with Crippen LogP contribution in [0.4, 0.5) is 5.69 Å². The highest BCUT2D eigenvalue weighted by molar-refractivity contribution is 7.92. The minimum absolute atomic E-state index is 0.0794. The van der Waals surface area contributed by atoms with Crippen molar-refractivity contribution < 1.29 is 17.9 Å². The third-order valence-corrected chi connectivity index (χ3v) is 6.10. The number of hydrogen-bond acceptors (Lipinski definition) is 5. The van der Waals surface area contributed by atoms with Crippen molar-refractivity contribution in [2.45, 2.75) is 19.6 Å². The van der Waals surface area contributed by atoms with Gasteiger partial charge in [0.1, 0.15) is 11.6 Å². The van der Waals surface area contributed by atoms with Gasteiger partial charge < -0.3 is 14.6 Å². The molecule has 3 aromatic rings. The van der Waals surface area contributed by atoms with Gasteiger partial charge >= 0.3 is 0 Å². The predicted molar refractivity (Wildman–Crippen MR) is 113 cm³/mol. The van der Waals surface area contributed by atoms with E-state index in [9.17, 15) is 13.2 Å². The van der Waals surface area contributed by atoms with Crippen LogP contribution in [-0.4, -0.2) is 42.8 Å². The van der Waals surface area contributed by atoms with Crippen LogP contribution in [0.1, 0.15) is 11.4 Å².